The molecule has 3 aliphatic rings. The Labute approximate surface area is 209 Å². The average Bonchev–Trinajstić information content (AvgIpc) is 2.72. The largest absolute Gasteiger partial charge is 0.510 e. The number of amides is 1. The maximum Gasteiger partial charge on any atom is 0.255 e. The lowest BCUT2D eigenvalue weighted by Gasteiger charge is -2.50. The number of Topliss-reactive ketones (excluding diaryl/α,β-unsaturated/α-hetero) is 2. The number of benzene rings is 1. The van der Waals surface area contributed by atoms with Crippen molar-refractivity contribution in [1.29, 1.82) is 0 Å². The van der Waals surface area contributed by atoms with E-state index in [2.05, 4.69) is 0 Å². The number of fused-ring (bicyclic) bond motifs is 3. The van der Waals surface area contributed by atoms with E-state index in [0.717, 1.165) is 5.69 Å². The predicted molar refractivity (Wildman–Crippen MR) is 131 cm³/mol. The molecule has 1 amide bonds. The average molecular weight is 583 g/mol. The summed E-state index contributed by atoms with van der Waals surface area (Å²) in [5.74, 6) is -6.51. The highest BCUT2D eigenvalue weighted by molar-refractivity contribution is 14.1. The minimum Gasteiger partial charge on any atom is -0.510 e. The number of anilines is 1. The van der Waals surface area contributed by atoms with E-state index < -0.39 is 58.0 Å². The lowest BCUT2D eigenvalue weighted by Crippen LogP contribution is -2.63. The number of aromatic hydroxyl groups is 1. The third-order valence-electron chi connectivity index (χ3n) is 7.13. The SMILES string of the molecule is CN(C)c1cc(I)c(O)c2c1C[C@H]1C[C@H]3[C@H](N(C)C)C(O)=C(C(N)=O)C(=O)[C@@]3(O)C(O)=C1C2=O. The lowest BCUT2D eigenvalue weighted by atomic mass is 9.58. The second kappa shape index (κ2) is 7.95. The van der Waals surface area contributed by atoms with Crippen LogP contribution in [0.2, 0.25) is 0 Å². The summed E-state index contributed by atoms with van der Waals surface area (Å²) in [6.07, 6.45) is 0.317. The van der Waals surface area contributed by atoms with Crippen molar-refractivity contribution in [2.75, 3.05) is 33.1 Å². The summed E-state index contributed by atoms with van der Waals surface area (Å²) in [5.41, 5.74) is 3.05. The summed E-state index contributed by atoms with van der Waals surface area (Å²) in [5, 5.41) is 44.4. The van der Waals surface area contributed by atoms with Crippen molar-refractivity contribution in [1.82, 2.24) is 4.90 Å². The molecule has 4 atom stereocenters. The van der Waals surface area contributed by atoms with Crippen LogP contribution in [0.15, 0.2) is 28.7 Å². The van der Waals surface area contributed by atoms with Crippen LogP contribution in [0.1, 0.15) is 22.3 Å². The zero-order valence-electron chi connectivity index (χ0n) is 19.1. The molecular weight excluding hydrogens is 557 g/mol. The Bertz CT molecular complexity index is 1220. The van der Waals surface area contributed by atoms with Crippen molar-refractivity contribution in [3.63, 3.8) is 0 Å². The standard InChI is InChI=1S/C23H26IN3O7/c1-26(2)12-7-11(24)17(28)14-9(12)5-8-6-10-16(27(3)4)19(30)15(22(25)33)21(32)23(10,34)20(31)13(8)18(14)29/h7-8,10,16,28,30-31,34H,5-6H2,1-4H3,(H2,25,33)/t8-,10-,16-,23-/m0/s1. The highest BCUT2D eigenvalue weighted by Crippen LogP contribution is 2.53. The number of aliphatic hydroxyl groups is 3. The van der Waals surface area contributed by atoms with Gasteiger partial charge in [-0.3, -0.25) is 19.3 Å². The quantitative estimate of drug-likeness (QED) is 0.256. The summed E-state index contributed by atoms with van der Waals surface area (Å²) in [7, 11) is 6.81. The van der Waals surface area contributed by atoms with Crippen molar-refractivity contribution in [3.05, 3.63) is 43.4 Å². The van der Waals surface area contributed by atoms with Crippen LogP contribution in [0, 0.1) is 15.4 Å². The number of ketones is 2. The fourth-order valence-electron chi connectivity index (χ4n) is 5.67. The van der Waals surface area contributed by atoms with E-state index in [-0.39, 0.29) is 29.7 Å². The van der Waals surface area contributed by atoms with Gasteiger partial charge in [0.25, 0.3) is 5.91 Å². The van der Waals surface area contributed by atoms with E-state index in [1.54, 1.807) is 20.2 Å². The molecule has 10 nitrogen and oxygen atoms in total. The number of phenols is 1. The van der Waals surface area contributed by atoms with Gasteiger partial charge in [0.1, 0.15) is 22.8 Å². The van der Waals surface area contributed by atoms with Crippen LogP contribution in [-0.4, -0.2) is 82.6 Å². The van der Waals surface area contributed by atoms with Crippen LogP contribution in [0.4, 0.5) is 5.69 Å². The molecule has 0 saturated carbocycles. The Morgan fingerprint density at radius 2 is 1.79 bits per heavy atom. The van der Waals surface area contributed by atoms with E-state index in [4.69, 9.17) is 5.73 Å². The second-order valence-electron chi connectivity index (χ2n) is 9.44. The molecule has 6 N–H and O–H groups in total. The van der Waals surface area contributed by atoms with Crippen LogP contribution >= 0.6 is 22.6 Å². The van der Waals surface area contributed by atoms with Crippen molar-refractivity contribution in [3.8, 4) is 5.75 Å². The third-order valence-corrected chi connectivity index (χ3v) is 7.96. The van der Waals surface area contributed by atoms with E-state index in [0.29, 0.717) is 9.13 Å². The maximum absolute atomic E-state index is 13.6. The summed E-state index contributed by atoms with van der Waals surface area (Å²) in [6, 6.07) is 0.750. The van der Waals surface area contributed by atoms with Crippen molar-refractivity contribution < 1.29 is 34.8 Å². The van der Waals surface area contributed by atoms with Gasteiger partial charge in [-0.15, -0.1) is 0 Å². The first kappa shape index (κ1) is 24.5. The fourth-order valence-corrected chi connectivity index (χ4v) is 6.23. The smallest absolute Gasteiger partial charge is 0.255 e. The molecule has 0 bridgehead atoms. The van der Waals surface area contributed by atoms with Crippen LogP contribution in [0.5, 0.6) is 5.75 Å². The van der Waals surface area contributed by atoms with E-state index in [1.165, 1.54) is 4.90 Å². The molecule has 4 rings (SSSR count). The molecule has 0 saturated heterocycles. The summed E-state index contributed by atoms with van der Waals surface area (Å²) in [6.45, 7) is 0. The Balaban J connectivity index is 2.00. The van der Waals surface area contributed by atoms with Crippen LogP contribution in [0.25, 0.3) is 0 Å². The van der Waals surface area contributed by atoms with E-state index in [1.807, 2.05) is 41.6 Å². The molecule has 182 valence electrons. The predicted octanol–water partition coefficient (Wildman–Crippen LogP) is 0.791. The molecule has 0 unspecified atom stereocenters. The topological polar surface area (TPSA) is 165 Å². The third kappa shape index (κ3) is 3.09. The Morgan fingerprint density at radius 1 is 1.18 bits per heavy atom. The molecule has 0 aromatic heterocycles. The summed E-state index contributed by atoms with van der Waals surface area (Å²) < 4.78 is 0.435. The molecule has 1 aromatic rings. The van der Waals surface area contributed by atoms with Gasteiger partial charge in [0.15, 0.2) is 11.4 Å². The monoisotopic (exact) mass is 583 g/mol. The molecule has 0 fully saturated rings. The Morgan fingerprint density at radius 3 is 2.32 bits per heavy atom. The first-order valence-corrected chi connectivity index (χ1v) is 11.7. The lowest BCUT2D eigenvalue weighted by molar-refractivity contribution is -0.148. The molecular formula is C23H26IN3O7. The Kier molecular flexibility index (Phi) is 5.73. The molecule has 1 aromatic carbocycles. The molecule has 0 radical (unpaired) electrons. The molecule has 11 heteroatoms. The number of hydrogen-bond acceptors (Lipinski definition) is 9. The number of carbonyl (C=O) groups excluding carboxylic acids is 3. The fraction of sp³-hybridized carbons (Fsp3) is 0.435. The number of aliphatic hydroxyl groups excluding tert-OH is 2. The van der Waals surface area contributed by atoms with Gasteiger partial charge in [0.2, 0.25) is 5.78 Å². The number of allylic oxidation sites excluding steroid dienone is 1. The number of halogens is 1. The van der Waals surface area contributed by atoms with Crippen LogP contribution in [0.3, 0.4) is 0 Å². The van der Waals surface area contributed by atoms with Crippen molar-refractivity contribution in [2.45, 2.75) is 24.5 Å². The number of hydrogen-bond donors (Lipinski definition) is 5. The van der Waals surface area contributed by atoms with Gasteiger partial charge in [0.05, 0.1) is 15.2 Å². The number of likely N-dealkylation sites (N-methyl/N-ethyl adjacent to an activating group) is 1. The van der Waals surface area contributed by atoms with Gasteiger partial charge >= 0.3 is 0 Å². The normalized spacial score (nSPS) is 28.6. The van der Waals surface area contributed by atoms with Gasteiger partial charge in [-0.2, -0.15) is 0 Å². The van der Waals surface area contributed by atoms with Gasteiger partial charge < -0.3 is 31.1 Å². The van der Waals surface area contributed by atoms with E-state index in [9.17, 15) is 34.8 Å². The first-order valence-electron chi connectivity index (χ1n) is 10.6. The van der Waals surface area contributed by atoms with Gasteiger partial charge in [-0.25, -0.2) is 0 Å². The zero-order valence-corrected chi connectivity index (χ0v) is 21.2. The minimum absolute atomic E-state index is 0.0105. The molecule has 0 aliphatic heterocycles. The Hall–Kier alpha value is -2.64. The molecule has 0 heterocycles. The number of primary amides is 1. The van der Waals surface area contributed by atoms with E-state index >= 15 is 0 Å². The highest BCUT2D eigenvalue weighted by atomic mass is 127. The number of nitrogens with zero attached hydrogens (tertiary/aromatic N) is 2. The molecule has 3 aliphatic carbocycles. The zero-order chi connectivity index (χ0) is 25.4. The number of phenolic OH excluding ortho intramolecular Hbond substituents is 1. The molecule has 34 heavy (non-hydrogen) atoms. The highest BCUT2D eigenvalue weighted by Gasteiger charge is 2.63. The second-order valence-corrected chi connectivity index (χ2v) is 10.6. The number of nitrogens with two attached hydrogens (primary N) is 1. The maximum atomic E-state index is 13.6. The number of carbonyl (C=O) groups is 3. The van der Waals surface area contributed by atoms with Gasteiger partial charge in [0, 0.05) is 31.3 Å². The number of rotatable bonds is 3. The molecule has 0 spiro atoms. The van der Waals surface area contributed by atoms with Crippen molar-refractivity contribution >= 4 is 45.8 Å². The first-order chi connectivity index (χ1) is 15.7. The summed E-state index contributed by atoms with van der Waals surface area (Å²) in [4.78, 5) is 42.3. The summed E-state index contributed by atoms with van der Waals surface area (Å²) >= 11 is 1.91. The van der Waals surface area contributed by atoms with Gasteiger partial charge in [-0.1, -0.05) is 0 Å². The van der Waals surface area contributed by atoms with Crippen molar-refractivity contribution in [2.24, 2.45) is 17.6 Å². The van der Waals surface area contributed by atoms with Gasteiger partial charge in [-0.05, 0) is 67.1 Å². The van der Waals surface area contributed by atoms with Crippen LogP contribution in [-0.2, 0) is 16.0 Å². The van der Waals surface area contributed by atoms with Crippen LogP contribution < -0.4 is 10.6 Å². The minimum atomic E-state index is -2.63.